The summed E-state index contributed by atoms with van der Waals surface area (Å²) in [7, 11) is 2.21. The third-order valence-electron chi connectivity index (χ3n) is 4.05. The van der Waals surface area contributed by atoms with Crippen LogP contribution in [0.3, 0.4) is 0 Å². The Morgan fingerprint density at radius 3 is 2.60 bits per heavy atom. The predicted molar refractivity (Wildman–Crippen MR) is 61.3 cm³/mol. The van der Waals surface area contributed by atoms with Gasteiger partial charge in [-0.25, -0.2) is 0 Å². The summed E-state index contributed by atoms with van der Waals surface area (Å²) in [6.45, 7) is 3.54. The van der Waals surface area contributed by atoms with E-state index in [0.717, 1.165) is 18.3 Å². The fraction of sp³-hybridized carbons (Fsp3) is 0.923. The van der Waals surface area contributed by atoms with E-state index in [1.807, 2.05) is 0 Å². The van der Waals surface area contributed by atoms with Gasteiger partial charge in [-0.1, -0.05) is 6.92 Å². The summed E-state index contributed by atoms with van der Waals surface area (Å²) in [6.07, 6.45) is 6.39. The number of nitrogens with zero attached hydrogens (tertiary/aromatic N) is 2. The molecule has 0 heterocycles. The molecule has 2 nitrogen and oxygen atoms in total. The highest BCUT2D eigenvalue weighted by atomic mass is 15.1. The maximum absolute atomic E-state index is 9.17. The molecule has 0 amide bonds. The highest BCUT2D eigenvalue weighted by Crippen LogP contribution is 2.35. The van der Waals surface area contributed by atoms with E-state index >= 15 is 0 Å². The zero-order chi connectivity index (χ0) is 10.8. The van der Waals surface area contributed by atoms with Crippen LogP contribution >= 0.6 is 0 Å². The van der Waals surface area contributed by atoms with Gasteiger partial charge in [-0.05, 0) is 51.0 Å². The van der Waals surface area contributed by atoms with Crippen LogP contribution in [0, 0.1) is 29.1 Å². The van der Waals surface area contributed by atoms with Crippen molar-refractivity contribution < 1.29 is 0 Å². The summed E-state index contributed by atoms with van der Waals surface area (Å²) >= 11 is 0. The highest BCUT2D eigenvalue weighted by molar-refractivity contribution is 4.97. The van der Waals surface area contributed by atoms with Gasteiger partial charge in [0.25, 0.3) is 0 Å². The summed E-state index contributed by atoms with van der Waals surface area (Å²) in [4.78, 5) is 2.46. The first kappa shape index (κ1) is 11.0. The van der Waals surface area contributed by atoms with Gasteiger partial charge >= 0.3 is 0 Å². The van der Waals surface area contributed by atoms with Crippen molar-refractivity contribution in [3.63, 3.8) is 0 Å². The number of nitriles is 1. The number of hydrogen-bond acceptors (Lipinski definition) is 2. The zero-order valence-corrected chi connectivity index (χ0v) is 9.95. The van der Waals surface area contributed by atoms with Crippen LogP contribution in [-0.2, 0) is 0 Å². The largest absolute Gasteiger partial charge is 0.302 e. The van der Waals surface area contributed by atoms with Gasteiger partial charge in [0.15, 0.2) is 0 Å². The van der Waals surface area contributed by atoms with Gasteiger partial charge < -0.3 is 4.90 Å². The molecule has 0 radical (unpaired) electrons. The minimum atomic E-state index is 0.282. The molecule has 0 spiro atoms. The van der Waals surface area contributed by atoms with Crippen molar-refractivity contribution in [1.82, 2.24) is 4.90 Å². The van der Waals surface area contributed by atoms with Gasteiger partial charge in [0, 0.05) is 12.6 Å². The van der Waals surface area contributed by atoms with Gasteiger partial charge in [0.2, 0.25) is 0 Å². The summed E-state index contributed by atoms with van der Waals surface area (Å²) in [5.41, 5.74) is 0. The van der Waals surface area contributed by atoms with E-state index in [-0.39, 0.29) is 5.92 Å². The van der Waals surface area contributed by atoms with Crippen LogP contribution in [0.15, 0.2) is 0 Å². The number of hydrogen-bond donors (Lipinski definition) is 0. The Kier molecular flexibility index (Phi) is 3.31. The molecule has 0 saturated heterocycles. The van der Waals surface area contributed by atoms with Crippen molar-refractivity contribution in [2.24, 2.45) is 17.8 Å². The second-order valence-electron chi connectivity index (χ2n) is 5.60. The van der Waals surface area contributed by atoms with Crippen LogP contribution in [0.4, 0.5) is 0 Å². The quantitative estimate of drug-likeness (QED) is 0.710. The molecule has 0 bridgehead atoms. The average Bonchev–Trinajstić information content (AvgIpc) is 3.01. The zero-order valence-electron chi connectivity index (χ0n) is 9.95. The lowest BCUT2D eigenvalue weighted by Crippen LogP contribution is -2.42. The first-order valence-corrected chi connectivity index (χ1v) is 6.30. The molecule has 2 aliphatic rings. The standard InChI is InChI=1S/C13H22N2/c1-10-3-6-12(8-14)13(7-10)15(2)9-11-4-5-11/h10-13H,3-7,9H2,1-2H3. The van der Waals surface area contributed by atoms with Crippen LogP contribution in [0.2, 0.25) is 0 Å². The Hall–Kier alpha value is -0.550. The van der Waals surface area contributed by atoms with Crippen LogP contribution < -0.4 is 0 Å². The van der Waals surface area contributed by atoms with Gasteiger partial charge in [-0.3, -0.25) is 0 Å². The Labute approximate surface area is 93.3 Å². The molecule has 0 N–H and O–H groups in total. The van der Waals surface area contributed by atoms with Gasteiger partial charge in [0.05, 0.1) is 12.0 Å². The van der Waals surface area contributed by atoms with Crippen LogP contribution in [0.1, 0.15) is 39.0 Å². The lowest BCUT2D eigenvalue weighted by Gasteiger charge is -2.37. The summed E-state index contributed by atoms with van der Waals surface area (Å²) in [5.74, 6) is 2.03. The van der Waals surface area contributed by atoms with Crippen molar-refractivity contribution in [2.45, 2.75) is 45.1 Å². The van der Waals surface area contributed by atoms with E-state index in [2.05, 4.69) is 24.9 Å². The molecule has 2 fully saturated rings. The van der Waals surface area contributed by atoms with Gasteiger partial charge in [-0.15, -0.1) is 0 Å². The molecule has 3 atom stereocenters. The second-order valence-corrected chi connectivity index (χ2v) is 5.60. The summed E-state index contributed by atoms with van der Waals surface area (Å²) < 4.78 is 0. The first-order chi connectivity index (χ1) is 7.20. The molecule has 0 aromatic carbocycles. The molecular formula is C13H22N2. The van der Waals surface area contributed by atoms with Crippen molar-refractivity contribution in [1.29, 1.82) is 5.26 Å². The van der Waals surface area contributed by atoms with Crippen molar-refractivity contribution >= 4 is 0 Å². The molecule has 15 heavy (non-hydrogen) atoms. The third-order valence-corrected chi connectivity index (χ3v) is 4.05. The van der Waals surface area contributed by atoms with Crippen molar-refractivity contribution in [3.05, 3.63) is 0 Å². The van der Waals surface area contributed by atoms with Crippen LogP contribution in [-0.4, -0.2) is 24.5 Å². The van der Waals surface area contributed by atoms with Gasteiger partial charge in [-0.2, -0.15) is 5.26 Å². The summed E-state index contributed by atoms with van der Waals surface area (Å²) in [6, 6.07) is 3.03. The molecule has 2 rings (SSSR count). The minimum Gasteiger partial charge on any atom is -0.302 e. The Morgan fingerprint density at radius 1 is 1.27 bits per heavy atom. The molecular weight excluding hydrogens is 184 g/mol. The third kappa shape index (κ3) is 2.72. The lowest BCUT2D eigenvalue weighted by molar-refractivity contribution is 0.126. The minimum absolute atomic E-state index is 0.282. The molecule has 0 aromatic heterocycles. The Balaban J connectivity index is 1.92. The fourth-order valence-electron chi connectivity index (χ4n) is 2.83. The SMILES string of the molecule is CC1CCC(C#N)C(N(C)CC2CC2)C1. The van der Waals surface area contributed by atoms with Crippen molar-refractivity contribution in [2.75, 3.05) is 13.6 Å². The smallest absolute Gasteiger partial charge is 0.0672 e. The molecule has 0 aliphatic heterocycles. The van der Waals surface area contributed by atoms with Crippen LogP contribution in [0.25, 0.3) is 0 Å². The van der Waals surface area contributed by atoms with E-state index in [9.17, 15) is 0 Å². The Bertz CT molecular complexity index is 252. The lowest BCUT2D eigenvalue weighted by atomic mass is 9.79. The number of rotatable bonds is 3. The van der Waals surface area contributed by atoms with E-state index in [1.54, 1.807) is 0 Å². The average molecular weight is 206 g/mol. The Morgan fingerprint density at radius 2 is 2.00 bits per heavy atom. The topological polar surface area (TPSA) is 27.0 Å². The fourth-order valence-corrected chi connectivity index (χ4v) is 2.83. The highest BCUT2D eigenvalue weighted by Gasteiger charge is 2.33. The molecule has 2 saturated carbocycles. The maximum atomic E-state index is 9.17. The molecule has 2 heteroatoms. The summed E-state index contributed by atoms with van der Waals surface area (Å²) in [5, 5.41) is 9.17. The van der Waals surface area contributed by atoms with E-state index < -0.39 is 0 Å². The van der Waals surface area contributed by atoms with Gasteiger partial charge in [0.1, 0.15) is 0 Å². The first-order valence-electron chi connectivity index (χ1n) is 6.30. The van der Waals surface area contributed by atoms with E-state index in [0.29, 0.717) is 6.04 Å². The monoisotopic (exact) mass is 206 g/mol. The van der Waals surface area contributed by atoms with Crippen molar-refractivity contribution in [3.8, 4) is 6.07 Å². The molecule has 0 aromatic rings. The van der Waals surface area contributed by atoms with E-state index in [4.69, 9.17) is 5.26 Å². The molecule has 84 valence electrons. The second kappa shape index (κ2) is 4.53. The molecule has 2 aliphatic carbocycles. The van der Waals surface area contributed by atoms with Crippen LogP contribution in [0.5, 0.6) is 0 Å². The normalized spacial score (nSPS) is 36.5. The maximum Gasteiger partial charge on any atom is 0.0672 e. The predicted octanol–water partition coefficient (Wildman–Crippen LogP) is 2.66. The molecule has 3 unspecified atom stereocenters. The van der Waals surface area contributed by atoms with E-state index in [1.165, 1.54) is 32.2 Å².